The largest absolute Gasteiger partial charge is 0.492 e. The fourth-order valence-corrected chi connectivity index (χ4v) is 1.70. The van der Waals surface area contributed by atoms with E-state index in [9.17, 15) is 8.78 Å². The number of halogens is 2. The summed E-state index contributed by atoms with van der Waals surface area (Å²) in [5, 5.41) is 0. The van der Waals surface area contributed by atoms with E-state index in [0.29, 0.717) is 11.3 Å². The summed E-state index contributed by atoms with van der Waals surface area (Å²) in [6, 6.07) is 10.1. The molecule has 0 aliphatic rings. The minimum absolute atomic E-state index is 0.247. The molecule has 2 N–H and O–H groups in total. The van der Waals surface area contributed by atoms with E-state index in [1.54, 1.807) is 31.2 Å². The molecule has 0 fully saturated rings. The zero-order valence-corrected chi connectivity index (χ0v) is 10.6. The molecule has 0 heterocycles. The van der Waals surface area contributed by atoms with E-state index in [1.165, 1.54) is 18.2 Å². The summed E-state index contributed by atoms with van der Waals surface area (Å²) in [6.45, 7) is 1.92. The summed E-state index contributed by atoms with van der Waals surface area (Å²) in [7, 11) is 0. The topological polar surface area (TPSA) is 35.2 Å². The molecule has 2 rings (SSSR count). The van der Waals surface area contributed by atoms with Gasteiger partial charge in [-0.2, -0.15) is 0 Å². The quantitative estimate of drug-likeness (QED) is 0.918. The Hall–Kier alpha value is -1.94. The lowest BCUT2D eigenvalue weighted by atomic mass is 10.1. The normalized spacial score (nSPS) is 12.2. The van der Waals surface area contributed by atoms with Crippen molar-refractivity contribution in [3.8, 4) is 5.75 Å². The molecule has 2 aromatic carbocycles. The highest BCUT2D eigenvalue weighted by Gasteiger charge is 2.08. The number of benzene rings is 2. The van der Waals surface area contributed by atoms with Crippen LogP contribution in [0.4, 0.5) is 8.78 Å². The molecule has 0 radical (unpaired) electrons. The minimum atomic E-state index is -0.356. The summed E-state index contributed by atoms with van der Waals surface area (Å²) in [5.41, 5.74) is 7.25. The monoisotopic (exact) mass is 263 g/mol. The number of nitrogens with two attached hydrogens (primary N) is 1. The van der Waals surface area contributed by atoms with Crippen LogP contribution >= 0.6 is 0 Å². The second-order valence-electron chi connectivity index (χ2n) is 4.38. The van der Waals surface area contributed by atoms with Crippen LogP contribution in [-0.2, 0) is 0 Å². The van der Waals surface area contributed by atoms with Gasteiger partial charge in [0, 0.05) is 0 Å². The second kappa shape index (κ2) is 5.80. The minimum Gasteiger partial charge on any atom is -0.492 e. The molecule has 0 spiro atoms. The standard InChI is InChI=1S/C15H15F2NO/c1-10-8-13(6-7-14(10)17)19-9-15(18)11-2-4-12(16)5-3-11/h2-8,15H,9,18H2,1H3. The third-order valence-electron chi connectivity index (χ3n) is 2.86. The lowest BCUT2D eigenvalue weighted by molar-refractivity contribution is 0.290. The number of hydrogen-bond acceptors (Lipinski definition) is 2. The molecule has 0 bridgehead atoms. The van der Waals surface area contributed by atoms with Gasteiger partial charge >= 0.3 is 0 Å². The predicted octanol–water partition coefficient (Wildman–Crippen LogP) is 3.35. The lowest BCUT2D eigenvalue weighted by Crippen LogP contribution is -2.19. The smallest absolute Gasteiger partial charge is 0.126 e. The Balaban J connectivity index is 1.98. The van der Waals surface area contributed by atoms with Crippen LogP contribution in [0.15, 0.2) is 42.5 Å². The van der Waals surface area contributed by atoms with Gasteiger partial charge < -0.3 is 10.5 Å². The molecule has 0 aliphatic heterocycles. The average molecular weight is 263 g/mol. The molecule has 4 heteroatoms. The van der Waals surface area contributed by atoms with Crippen molar-refractivity contribution < 1.29 is 13.5 Å². The second-order valence-corrected chi connectivity index (χ2v) is 4.38. The molecule has 2 nitrogen and oxygen atoms in total. The van der Waals surface area contributed by atoms with Gasteiger partial charge in [-0.1, -0.05) is 12.1 Å². The third-order valence-corrected chi connectivity index (χ3v) is 2.86. The third kappa shape index (κ3) is 3.51. The molecule has 19 heavy (non-hydrogen) atoms. The van der Waals surface area contributed by atoms with Gasteiger partial charge in [-0.05, 0) is 48.4 Å². The predicted molar refractivity (Wildman–Crippen MR) is 70.0 cm³/mol. The van der Waals surface area contributed by atoms with Gasteiger partial charge in [-0.3, -0.25) is 0 Å². The Bertz CT molecular complexity index is 555. The first-order valence-corrected chi connectivity index (χ1v) is 5.96. The number of aryl methyl sites for hydroxylation is 1. The first kappa shape index (κ1) is 13.5. The van der Waals surface area contributed by atoms with E-state index in [2.05, 4.69) is 0 Å². The molecule has 0 amide bonds. The van der Waals surface area contributed by atoms with Gasteiger partial charge in [0.05, 0.1) is 6.04 Å². The van der Waals surface area contributed by atoms with Gasteiger partial charge in [0.25, 0.3) is 0 Å². The van der Waals surface area contributed by atoms with Gasteiger partial charge in [0.2, 0.25) is 0 Å². The maximum absolute atomic E-state index is 13.1. The molecule has 1 unspecified atom stereocenters. The van der Waals surface area contributed by atoms with E-state index in [1.807, 2.05) is 0 Å². The van der Waals surface area contributed by atoms with Gasteiger partial charge in [0.1, 0.15) is 24.0 Å². The van der Waals surface area contributed by atoms with Crippen molar-refractivity contribution in [1.29, 1.82) is 0 Å². The zero-order chi connectivity index (χ0) is 13.8. The Morgan fingerprint density at radius 3 is 2.42 bits per heavy atom. The highest BCUT2D eigenvalue weighted by Crippen LogP contribution is 2.18. The zero-order valence-electron chi connectivity index (χ0n) is 10.6. The van der Waals surface area contributed by atoms with Crippen LogP contribution < -0.4 is 10.5 Å². The summed E-state index contributed by atoms with van der Waals surface area (Å²) in [5.74, 6) is -0.00216. The maximum atomic E-state index is 13.1. The first-order valence-electron chi connectivity index (χ1n) is 5.96. The fraction of sp³-hybridized carbons (Fsp3) is 0.200. The molecule has 2 aromatic rings. The van der Waals surface area contributed by atoms with Crippen molar-refractivity contribution in [3.05, 3.63) is 65.2 Å². The van der Waals surface area contributed by atoms with Gasteiger partial charge in [0.15, 0.2) is 0 Å². The van der Waals surface area contributed by atoms with E-state index < -0.39 is 0 Å². The highest BCUT2D eigenvalue weighted by atomic mass is 19.1. The van der Waals surface area contributed by atoms with E-state index in [4.69, 9.17) is 10.5 Å². The van der Waals surface area contributed by atoms with E-state index >= 15 is 0 Å². The molecule has 0 aliphatic carbocycles. The van der Waals surface area contributed by atoms with Crippen molar-refractivity contribution in [2.75, 3.05) is 6.61 Å². The van der Waals surface area contributed by atoms with Crippen LogP contribution in [0.2, 0.25) is 0 Å². The lowest BCUT2D eigenvalue weighted by Gasteiger charge is -2.14. The van der Waals surface area contributed by atoms with Crippen molar-refractivity contribution in [1.82, 2.24) is 0 Å². The Morgan fingerprint density at radius 1 is 1.11 bits per heavy atom. The molecule has 0 saturated heterocycles. The molecule has 0 saturated carbocycles. The average Bonchev–Trinajstić information content (AvgIpc) is 2.40. The number of ether oxygens (including phenoxy) is 1. The summed E-state index contributed by atoms with van der Waals surface area (Å²) in [6.07, 6.45) is 0. The van der Waals surface area contributed by atoms with E-state index in [-0.39, 0.29) is 24.3 Å². The molecular weight excluding hydrogens is 248 g/mol. The van der Waals surface area contributed by atoms with Crippen LogP contribution in [0, 0.1) is 18.6 Å². The molecule has 0 aromatic heterocycles. The summed E-state index contributed by atoms with van der Waals surface area (Å²) >= 11 is 0. The van der Waals surface area contributed by atoms with Gasteiger partial charge in [-0.25, -0.2) is 8.78 Å². The molecular formula is C15H15F2NO. The molecule has 100 valence electrons. The maximum Gasteiger partial charge on any atom is 0.126 e. The van der Waals surface area contributed by atoms with Crippen molar-refractivity contribution >= 4 is 0 Å². The van der Waals surface area contributed by atoms with Crippen molar-refractivity contribution in [2.45, 2.75) is 13.0 Å². The van der Waals surface area contributed by atoms with Gasteiger partial charge in [-0.15, -0.1) is 0 Å². The SMILES string of the molecule is Cc1cc(OCC(N)c2ccc(F)cc2)ccc1F. The van der Waals surface area contributed by atoms with Crippen LogP contribution in [0.25, 0.3) is 0 Å². The van der Waals surface area contributed by atoms with E-state index in [0.717, 1.165) is 5.56 Å². The number of rotatable bonds is 4. The van der Waals surface area contributed by atoms with Crippen LogP contribution in [0.5, 0.6) is 5.75 Å². The van der Waals surface area contributed by atoms with Crippen LogP contribution in [-0.4, -0.2) is 6.61 Å². The first-order chi connectivity index (χ1) is 9.06. The fourth-order valence-electron chi connectivity index (χ4n) is 1.70. The Labute approximate surface area is 110 Å². The Morgan fingerprint density at radius 2 is 1.79 bits per heavy atom. The highest BCUT2D eigenvalue weighted by molar-refractivity contribution is 5.29. The molecule has 1 atom stereocenters. The number of hydrogen-bond donors (Lipinski definition) is 1. The van der Waals surface area contributed by atoms with Crippen molar-refractivity contribution in [3.63, 3.8) is 0 Å². The summed E-state index contributed by atoms with van der Waals surface area (Å²) in [4.78, 5) is 0. The summed E-state index contributed by atoms with van der Waals surface area (Å²) < 4.78 is 31.4. The van der Waals surface area contributed by atoms with Crippen molar-refractivity contribution in [2.24, 2.45) is 5.73 Å². The van der Waals surface area contributed by atoms with Crippen LogP contribution in [0.1, 0.15) is 17.2 Å². The van der Waals surface area contributed by atoms with Crippen LogP contribution in [0.3, 0.4) is 0 Å². The Kier molecular flexibility index (Phi) is 4.12.